The predicted octanol–water partition coefficient (Wildman–Crippen LogP) is 1.30. The van der Waals surface area contributed by atoms with Gasteiger partial charge in [-0.3, -0.25) is 9.59 Å². The summed E-state index contributed by atoms with van der Waals surface area (Å²) in [5, 5.41) is 0. The lowest BCUT2D eigenvalue weighted by atomic mass is 10.1. The van der Waals surface area contributed by atoms with E-state index in [0.29, 0.717) is 5.56 Å². The Kier molecular flexibility index (Phi) is 1.37. The Labute approximate surface area is 70.2 Å². The summed E-state index contributed by atoms with van der Waals surface area (Å²) in [4.78, 5) is 22.2. The van der Waals surface area contributed by atoms with Gasteiger partial charge in [0.15, 0.2) is 0 Å². The Balaban J connectivity index is 2.63. The molecule has 0 saturated heterocycles. The number of fused-ring (bicyclic) bond motifs is 1. The second kappa shape index (κ2) is 2.27. The molecule has 0 aliphatic heterocycles. The first-order chi connectivity index (χ1) is 5.68. The van der Waals surface area contributed by atoms with Crippen molar-refractivity contribution in [3.63, 3.8) is 0 Å². The third kappa shape index (κ3) is 0.881. The number of aryl methyl sites for hydroxylation is 1. The maximum absolute atomic E-state index is 11.2. The van der Waals surface area contributed by atoms with Crippen molar-refractivity contribution in [2.75, 3.05) is 0 Å². The summed E-state index contributed by atoms with van der Waals surface area (Å²) < 4.78 is 0. The van der Waals surface area contributed by atoms with Crippen molar-refractivity contribution in [3.05, 3.63) is 34.9 Å². The molecule has 2 rings (SSSR count). The van der Waals surface area contributed by atoms with E-state index in [1.54, 1.807) is 6.07 Å². The molecule has 0 spiro atoms. The van der Waals surface area contributed by atoms with E-state index in [-0.39, 0.29) is 18.0 Å². The van der Waals surface area contributed by atoms with Crippen LogP contribution in [-0.2, 0) is 11.2 Å². The van der Waals surface area contributed by atoms with Crippen LogP contribution >= 0.6 is 0 Å². The van der Waals surface area contributed by atoms with Gasteiger partial charge in [-0.25, -0.2) is 0 Å². The molecule has 1 aromatic carbocycles. The van der Waals surface area contributed by atoms with Crippen LogP contribution in [-0.4, -0.2) is 11.6 Å². The lowest BCUT2D eigenvalue weighted by molar-refractivity contribution is -0.114. The molecule has 2 nitrogen and oxygen atoms in total. The molecule has 0 fully saturated rings. The van der Waals surface area contributed by atoms with Crippen LogP contribution in [0.25, 0.3) is 0 Å². The molecule has 1 aliphatic rings. The largest absolute Gasteiger partial charge is 0.290 e. The molecule has 1 aromatic rings. The zero-order valence-electron chi connectivity index (χ0n) is 6.76. The normalized spacial score (nSPS) is 15.1. The van der Waals surface area contributed by atoms with Gasteiger partial charge in [-0.05, 0) is 18.6 Å². The van der Waals surface area contributed by atoms with E-state index in [9.17, 15) is 9.59 Å². The summed E-state index contributed by atoms with van der Waals surface area (Å²) in [5.41, 5.74) is 2.49. The first-order valence-electron chi connectivity index (χ1n) is 3.85. The predicted molar refractivity (Wildman–Crippen MR) is 44.2 cm³/mol. The minimum atomic E-state index is -0.325. The number of carbonyl (C=O) groups is 2. The lowest BCUT2D eigenvalue weighted by Crippen LogP contribution is -2.05. The van der Waals surface area contributed by atoms with Gasteiger partial charge >= 0.3 is 0 Å². The van der Waals surface area contributed by atoms with Crippen molar-refractivity contribution < 1.29 is 9.59 Å². The molecule has 1 aliphatic carbocycles. The molecule has 12 heavy (non-hydrogen) atoms. The maximum atomic E-state index is 11.2. The topological polar surface area (TPSA) is 34.1 Å². The summed E-state index contributed by atoms with van der Waals surface area (Å²) in [6.45, 7) is 1.91. The van der Waals surface area contributed by atoms with Gasteiger partial charge in [0.05, 0.1) is 0 Å². The zero-order valence-corrected chi connectivity index (χ0v) is 6.76. The smallest absolute Gasteiger partial charge is 0.229 e. The molecule has 2 heteroatoms. The fourth-order valence-electron chi connectivity index (χ4n) is 1.46. The van der Waals surface area contributed by atoms with E-state index < -0.39 is 0 Å². The highest BCUT2D eigenvalue weighted by Crippen LogP contribution is 2.20. The van der Waals surface area contributed by atoms with E-state index in [1.807, 2.05) is 19.1 Å². The maximum Gasteiger partial charge on any atom is 0.229 e. The minimum absolute atomic E-state index is 0.282. The van der Waals surface area contributed by atoms with Gasteiger partial charge in [0.25, 0.3) is 0 Å². The second-order valence-electron chi connectivity index (χ2n) is 3.09. The monoisotopic (exact) mass is 160 g/mol. The van der Waals surface area contributed by atoms with Crippen LogP contribution in [0.5, 0.6) is 0 Å². The van der Waals surface area contributed by atoms with E-state index >= 15 is 0 Å². The molecule has 0 saturated carbocycles. The average Bonchev–Trinajstić information content (AvgIpc) is 2.31. The fourth-order valence-corrected chi connectivity index (χ4v) is 1.46. The molecule has 60 valence electrons. The quantitative estimate of drug-likeness (QED) is 0.536. The van der Waals surface area contributed by atoms with Crippen molar-refractivity contribution >= 4 is 11.6 Å². The number of carbonyl (C=O) groups excluding carboxylic acids is 2. The molecule has 0 heterocycles. The first kappa shape index (κ1) is 7.22. The van der Waals surface area contributed by atoms with Crippen LogP contribution in [0.2, 0.25) is 0 Å². The van der Waals surface area contributed by atoms with Gasteiger partial charge in [-0.2, -0.15) is 0 Å². The standard InChI is InChI=1S/C10H8O2/c1-6-2-3-7-5-9(11)10(12)8(7)4-6/h2-4H,5H2,1H3. The van der Waals surface area contributed by atoms with Crippen LogP contribution in [0.1, 0.15) is 21.5 Å². The third-order valence-corrected chi connectivity index (χ3v) is 2.11. The molecular weight excluding hydrogens is 152 g/mol. The molecule has 0 atom stereocenters. The summed E-state index contributed by atoms with van der Waals surface area (Å²) >= 11 is 0. The summed E-state index contributed by atoms with van der Waals surface area (Å²) in [6.07, 6.45) is 0.286. The zero-order chi connectivity index (χ0) is 8.72. The van der Waals surface area contributed by atoms with Crippen molar-refractivity contribution in [1.29, 1.82) is 0 Å². The van der Waals surface area contributed by atoms with Crippen LogP contribution in [0.15, 0.2) is 18.2 Å². The number of rotatable bonds is 0. The van der Waals surface area contributed by atoms with Gasteiger partial charge in [0.2, 0.25) is 11.6 Å². The Morgan fingerprint density at radius 2 is 2.00 bits per heavy atom. The van der Waals surface area contributed by atoms with Crippen molar-refractivity contribution in [3.8, 4) is 0 Å². The van der Waals surface area contributed by atoms with Crippen molar-refractivity contribution in [2.45, 2.75) is 13.3 Å². The van der Waals surface area contributed by atoms with Crippen LogP contribution < -0.4 is 0 Å². The first-order valence-corrected chi connectivity index (χ1v) is 3.85. The number of hydrogen-bond acceptors (Lipinski definition) is 2. The van der Waals surface area contributed by atoms with Gasteiger partial charge in [-0.1, -0.05) is 17.7 Å². The number of hydrogen-bond donors (Lipinski definition) is 0. The fraction of sp³-hybridized carbons (Fsp3) is 0.200. The van der Waals surface area contributed by atoms with E-state index in [0.717, 1.165) is 11.1 Å². The van der Waals surface area contributed by atoms with Crippen LogP contribution in [0, 0.1) is 6.92 Å². The molecule has 0 bridgehead atoms. The van der Waals surface area contributed by atoms with Crippen LogP contribution in [0.3, 0.4) is 0 Å². The molecule has 0 N–H and O–H groups in total. The SMILES string of the molecule is Cc1ccc2c(c1)C(=O)C(=O)C2. The molecular formula is C10H8O2. The van der Waals surface area contributed by atoms with Gasteiger partial charge in [0.1, 0.15) is 0 Å². The minimum Gasteiger partial charge on any atom is -0.290 e. The number of benzene rings is 1. The second-order valence-corrected chi connectivity index (χ2v) is 3.09. The highest BCUT2D eigenvalue weighted by Gasteiger charge is 2.27. The van der Waals surface area contributed by atoms with Gasteiger partial charge in [0, 0.05) is 12.0 Å². The van der Waals surface area contributed by atoms with Crippen molar-refractivity contribution in [1.82, 2.24) is 0 Å². The number of Topliss-reactive ketones (excluding diaryl/α,β-unsaturated/α-hetero) is 2. The molecule has 0 unspecified atom stereocenters. The Morgan fingerprint density at radius 3 is 2.75 bits per heavy atom. The molecule has 0 amide bonds. The Hall–Kier alpha value is -1.44. The highest BCUT2D eigenvalue weighted by atomic mass is 16.2. The Morgan fingerprint density at radius 1 is 1.25 bits per heavy atom. The van der Waals surface area contributed by atoms with E-state index in [2.05, 4.69) is 0 Å². The lowest BCUT2D eigenvalue weighted by Gasteiger charge is -1.96. The Bertz CT molecular complexity index is 377. The van der Waals surface area contributed by atoms with Gasteiger partial charge in [-0.15, -0.1) is 0 Å². The number of ketones is 2. The summed E-state index contributed by atoms with van der Waals surface area (Å²) in [6, 6.07) is 5.56. The molecule has 0 radical (unpaired) electrons. The third-order valence-electron chi connectivity index (χ3n) is 2.11. The average molecular weight is 160 g/mol. The molecule has 0 aromatic heterocycles. The van der Waals surface area contributed by atoms with Gasteiger partial charge < -0.3 is 0 Å². The van der Waals surface area contributed by atoms with Crippen molar-refractivity contribution in [2.24, 2.45) is 0 Å². The van der Waals surface area contributed by atoms with E-state index in [1.165, 1.54) is 0 Å². The van der Waals surface area contributed by atoms with E-state index in [4.69, 9.17) is 0 Å². The highest BCUT2D eigenvalue weighted by molar-refractivity contribution is 6.47. The van der Waals surface area contributed by atoms with Crippen LogP contribution in [0.4, 0.5) is 0 Å². The summed E-state index contributed by atoms with van der Waals surface area (Å²) in [5.74, 6) is -0.607. The summed E-state index contributed by atoms with van der Waals surface area (Å²) in [7, 11) is 0.